The first-order valence-electron chi connectivity index (χ1n) is 4.63. The number of nitrogens with one attached hydrogen (secondary N) is 1. The third-order valence-corrected chi connectivity index (χ3v) is 3.25. The highest BCUT2D eigenvalue weighted by atomic mass is 16.3. The summed E-state index contributed by atoms with van der Waals surface area (Å²) in [6.07, 6.45) is 1.04. The monoisotopic (exact) mass is 172 g/mol. The summed E-state index contributed by atoms with van der Waals surface area (Å²) in [5, 5.41) is 12.6. The van der Waals surface area contributed by atoms with Gasteiger partial charge in [-0.15, -0.1) is 0 Å². The van der Waals surface area contributed by atoms with E-state index in [2.05, 4.69) is 24.2 Å². The molecule has 1 aliphatic rings. The number of rotatable bonds is 2. The normalized spacial score (nSPS) is 38.5. The van der Waals surface area contributed by atoms with Crippen molar-refractivity contribution in [3.8, 4) is 0 Å². The molecule has 0 aromatic rings. The summed E-state index contributed by atoms with van der Waals surface area (Å²) in [7, 11) is 4.07. The minimum absolute atomic E-state index is 0.0352. The molecule has 2 N–H and O–H groups in total. The second-order valence-electron chi connectivity index (χ2n) is 3.98. The minimum Gasteiger partial charge on any atom is -0.394 e. The third kappa shape index (κ3) is 1.63. The summed E-state index contributed by atoms with van der Waals surface area (Å²) in [4.78, 5) is 2.32. The van der Waals surface area contributed by atoms with Gasteiger partial charge in [0.1, 0.15) is 0 Å². The lowest BCUT2D eigenvalue weighted by Gasteiger charge is -2.44. The van der Waals surface area contributed by atoms with E-state index in [-0.39, 0.29) is 12.1 Å². The molecule has 3 heteroatoms. The molecule has 2 atom stereocenters. The fraction of sp³-hybridized carbons (Fsp3) is 1.00. The van der Waals surface area contributed by atoms with E-state index >= 15 is 0 Å². The lowest BCUT2D eigenvalue weighted by molar-refractivity contribution is 0.0480. The maximum atomic E-state index is 9.32. The predicted molar refractivity (Wildman–Crippen MR) is 50.2 cm³/mol. The first-order chi connectivity index (χ1) is 5.64. The Labute approximate surface area is 74.8 Å². The van der Waals surface area contributed by atoms with Crippen LogP contribution in [0.4, 0.5) is 0 Å². The standard InChI is InChI=1S/C9H20N2O/c1-8-6-11(3)5-4-9(8,7-12)10-2/h8,10,12H,4-7H2,1-3H3. The first kappa shape index (κ1) is 9.96. The van der Waals surface area contributed by atoms with Crippen molar-refractivity contribution in [2.45, 2.75) is 18.9 Å². The van der Waals surface area contributed by atoms with Gasteiger partial charge >= 0.3 is 0 Å². The molecule has 72 valence electrons. The van der Waals surface area contributed by atoms with Gasteiger partial charge in [-0.2, -0.15) is 0 Å². The molecule has 0 aromatic carbocycles. The SMILES string of the molecule is CNC1(CO)CCN(C)CC1C. The van der Waals surface area contributed by atoms with E-state index in [0.29, 0.717) is 5.92 Å². The van der Waals surface area contributed by atoms with E-state index in [4.69, 9.17) is 0 Å². The summed E-state index contributed by atoms with van der Waals surface area (Å²) in [5.74, 6) is 0.520. The fourth-order valence-corrected chi connectivity index (χ4v) is 2.06. The van der Waals surface area contributed by atoms with E-state index in [1.807, 2.05) is 7.05 Å². The molecule has 2 unspecified atom stereocenters. The van der Waals surface area contributed by atoms with Gasteiger partial charge < -0.3 is 15.3 Å². The van der Waals surface area contributed by atoms with Crippen LogP contribution in [0.3, 0.4) is 0 Å². The zero-order valence-corrected chi connectivity index (χ0v) is 8.30. The number of aliphatic hydroxyl groups is 1. The average molecular weight is 172 g/mol. The van der Waals surface area contributed by atoms with Crippen LogP contribution >= 0.6 is 0 Å². The van der Waals surface area contributed by atoms with Crippen molar-refractivity contribution < 1.29 is 5.11 Å². The number of aliphatic hydroxyl groups excluding tert-OH is 1. The molecule has 12 heavy (non-hydrogen) atoms. The quantitative estimate of drug-likeness (QED) is 0.611. The third-order valence-electron chi connectivity index (χ3n) is 3.25. The molecule has 1 aliphatic heterocycles. The minimum atomic E-state index is -0.0352. The van der Waals surface area contributed by atoms with Crippen LogP contribution in [0.1, 0.15) is 13.3 Å². The number of piperidine rings is 1. The highest BCUT2D eigenvalue weighted by molar-refractivity contribution is 4.96. The topological polar surface area (TPSA) is 35.5 Å². The van der Waals surface area contributed by atoms with Gasteiger partial charge in [0.05, 0.1) is 6.61 Å². The number of likely N-dealkylation sites (N-methyl/N-ethyl adjacent to an activating group) is 1. The van der Waals surface area contributed by atoms with Crippen LogP contribution < -0.4 is 5.32 Å². The van der Waals surface area contributed by atoms with Crippen LogP contribution in [0, 0.1) is 5.92 Å². The van der Waals surface area contributed by atoms with E-state index in [0.717, 1.165) is 19.5 Å². The van der Waals surface area contributed by atoms with Gasteiger partial charge in [0.25, 0.3) is 0 Å². The van der Waals surface area contributed by atoms with Crippen LogP contribution in [0.15, 0.2) is 0 Å². The van der Waals surface area contributed by atoms with Crippen molar-refractivity contribution >= 4 is 0 Å². The Balaban J connectivity index is 2.64. The van der Waals surface area contributed by atoms with Crippen LogP contribution in [0.2, 0.25) is 0 Å². The van der Waals surface area contributed by atoms with Gasteiger partial charge in [0.15, 0.2) is 0 Å². The molecule has 0 bridgehead atoms. The molecule has 0 aliphatic carbocycles. The summed E-state index contributed by atoms with van der Waals surface area (Å²) in [6, 6.07) is 0. The Morgan fingerprint density at radius 2 is 2.33 bits per heavy atom. The highest BCUT2D eigenvalue weighted by Gasteiger charge is 2.37. The predicted octanol–water partition coefficient (Wildman–Crippen LogP) is -0.0915. The van der Waals surface area contributed by atoms with E-state index in [1.54, 1.807) is 0 Å². The average Bonchev–Trinajstić information content (AvgIpc) is 2.06. The molecule has 1 saturated heterocycles. The highest BCUT2D eigenvalue weighted by Crippen LogP contribution is 2.26. The van der Waals surface area contributed by atoms with Crippen molar-refractivity contribution in [3.05, 3.63) is 0 Å². The van der Waals surface area contributed by atoms with Crippen LogP contribution in [-0.2, 0) is 0 Å². The second-order valence-corrected chi connectivity index (χ2v) is 3.98. The molecule has 1 heterocycles. The number of hydrogen-bond donors (Lipinski definition) is 2. The van der Waals surface area contributed by atoms with Gasteiger partial charge in [-0.1, -0.05) is 6.92 Å². The maximum absolute atomic E-state index is 9.32. The van der Waals surface area contributed by atoms with Gasteiger partial charge in [-0.05, 0) is 33.0 Å². The zero-order chi connectivity index (χ0) is 9.19. The molecule has 0 saturated carbocycles. The summed E-state index contributed by atoms with van der Waals surface area (Å²) < 4.78 is 0. The zero-order valence-electron chi connectivity index (χ0n) is 8.30. The summed E-state index contributed by atoms with van der Waals surface area (Å²) in [6.45, 7) is 4.59. The molecule has 0 aromatic heterocycles. The Hall–Kier alpha value is -0.120. The molecule has 1 fully saturated rings. The molecular weight excluding hydrogens is 152 g/mol. The van der Waals surface area contributed by atoms with Crippen LogP contribution in [0.25, 0.3) is 0 Å². The van der Waals surface area contributed by atoms with E-state index < -0.39 is 0 Å². The van der Waals surface area contributed by atoms with Crippen molar-refractivity contribution in [1.82, 2.24) is 10.2 Å². The molecule has 0 spiro atoms. The molecular formula is C9H20N2O. The summed E-state index contributed by atoms with van der Waals surface area (Å²) in [5.41, 5.74) is -0.0352. The fourth-order valence-electron chi connectivity index (χ4n) is 2.06. The van der Waals surface area contributed by atoms with Gasteiger partial charge in [0.2, 0.25) is 0 Å². The lowest BCUT2D eigenvalue weighted by Crippen LogP contribution is -2.59. The molecule has 0 amide bonds. The summed E-state index contributed by atoms with van der Waals surface area (Å²) >= 11 is 0. The van der Waals surface area contributed by atoms with Gasteiger partial charge in [-0.3, -0.25) is 0 Å². The van der Waals surface area contributed by atoms with Crippen molar-refractivity contribution in [3.63, 3.8) is 0 Å². The van der Waals surface area contributed by atoms with Gasteiger partial charge in [0, 0.05) is 12.1 Å². The van der Waals surface area contributed by atoms with E-state index in [1.165, 1.54) is 0 Å². The number of hydrogen-bond acceptors (Lipinski definition) is 3. The van der Waals surface area contributed by atoms with Gasteiger partial charge in [-0.25, -0.2) is 0 Å². The largest absolute Gasteiger partial charge is 0.394 e. The molecule has 3 nitrogen and oxygen atoms in total. The van der Waals surface area contributed by atoms with Crippen LogP contribution in [-0.4, -0.2) is 49.3 Å². The number of nitrogens with zero attached hydrogens (tertiary/aromatic N) is 1. The van der Waals surface area contributed by atoms with Crippen molar-refractivity contribution in [2.24, 2.45) is 5.92 Å². The smallest absolute Gasteiger partial charge is 0.0616 e. The van der Waals surface area contributed by atoms with Crippen molar-refractivity contribution in [2.75, 3.05) is 33.8 Å². The van der Waals surface area contributed by atoms with E-state index in [9.17, 15) is 5.11 Å². The molecule has 1 rings (SSSR count). The van der Waals surface area contributed by atoms with Crippen molar-refractivity contribution in [1.29, 1.82) is 0 Å². The number of likely N-dealkylation sites (tertiary alicyclic amines) is 1. The maximum Gasteiger partial charge on any atom is 0.0616 e. The molecule has 0 radical (unpaired) electrons. The Morgan fingerprint density at radius 1 is 1.67 bits per heavy atom. The second kappa shape index (κ2) is 3.73. The van der Waals surface area contributed by atoms with Crippen LogP contribution in [0.5, 0.6) is 0 Å². The Morgan fingerprint density at radius 3 is 2.75 bits per heavy atom. The Kier molecular flexibility index (Phi) is 3.09. The lowest BCUT2D eigenvalue weighted by atomic mass is 9.80. The Bertz CT molecular complexity index is 145. The first-order valence-corrected chi connectivity index (χ1v) is 4.63.